The zero-order valence-corrected chi connectivity index (χ0v) is 17.5. The molecule has 0 saturated heterocycles. The number of esters is 2. The first-order chi connectivity index (χ1) is 11.6. The van der Waals surface area contributed by atoms with Gasteiger partial charge in [0.05, 0.1) is 0 Å². The van der Waals surface area contributed by atoms with Gasteiger partial charge in [-0.25, -0.2) is 0 Å². The maximum atomic E-state index is 11.8. The number of hydrogen-bond donors (Lipinski definition) is 2. The van der Waals surface area contributed by atoms with Crippen LogP contribution in [-0.2, 0) is 43.1 Å². The molecule has 2 N–H and O–H groups in total. The second-order valence-corrected chi connectivity index (χ2v) is 11.0. The Hall–Kier alpha value is -0.506. The molecule has 0 rings (SSSR count). The zero-order valence-electron chi connectivity index (χ0n) is 16.0. The van der Waals surface area contributed by atoms with Crippen molar-refractivity contribution in [2.45, 2.75) is 75.4 Å². The van der Waals surface area contributed by atoms with Gasteiger partial charge in [-0.05, 0) is 0 Å². The van der Waals surface area contributed by atoms with Gasteiger partial charge < -0.3 is 0 Å². The Balaban J connectivity index is 5.47. The van der Waals surface area contributed by atoms with Crippen molar-refractivity contribution in [2.75, 3.05) is 13.2 Å². The number of aliphatic hydroxyl groups excluding tert-OH is 2. The maximum absolute atomic E-state index is 11.8. The van der Waals surface area contributed by atoms with E-state index in [-0.39, 0.29) is 34.9 Å². The van der Waals surface area contributed by atoms with Crippen LogP contribution < -0.4 is 0 Å². The van der Waals surface area contributed by atoms with Crippen molar-refractivity contribution < 1.29 is 53.3 Å². The van der Waals surface area contributed by atoms with Crippen LogP contribution in [0.4, 0.5) is 0 Å². The number of hydrogen-bond acceptors (Lipinski definition) is 8. The number of ether oxygens (including phenoxy) is 2. The van der Waals surface area contributed by atoms with Crippen molar-refractivity contribution >= 4 is 11.9 Å². The van der Waals surface area contributed by atoms with Crippen LogP contribution in [0.15, 0.2) is 0 Å². The van der Waals surface area contributed by atoms with Gasteiger partial charge in [-0.3, -0.25) is 0 Å². The third-order valence-electron chi connectivity index (χ3n) is 3.03. The number of carbonyl (C=O) groups excluding carboxylic acids is 2. The minimum absolute atomic E-state index is 0.105. The molecule has 0 aromatic heterocycles. The molecule has 25 heavy (non-hydrogen) atoms. The molecule has 0 aliphatic rings. The molecule has 0 saturated carbocycles. The monoisotopic (exact) mass is 400 g/mol. The third-order valence-corrected chi connectivity index (χ3v) is 8.99. The quantitative estimate of drug-likeness (QED) is 0.375. The molecule has 0 spiro atoms. The molecule has 0 aromatic rings. The van der Waals surface area contributed by atoms with Crippen LogP contribution in [0.3, 0.4) is 0 Å². The molecule has 0 bridgehead atoms. The summed E-state index contributed by atoms with van der Waals surface area (Å²) in [5, 5.41) is 20.4. The van der Waals surface area contributed by atoms with Crippen LogP contribution in [0.2, 0.25) is 9.45 Å². The molecule has 0 fully saturated rings. The van der Waals surface area contributed by atoms with Crippen molar-refractivity contribution in [3.8, 4) is 0 Å². The predicted octanol–water partition coefficient (Wildman–Crippen LogP) is 1.50. The Morgan fingerprint density at radius 3 is 1.36 bits per heavy atom. The van der Waals surface area contributed by atoms with E-state index in [0.717, 1.165) is 0 Å². The van der Waals surface area contributed by atoms with E-state index in [1.165, 1.54) is 0 Å². The standard InChI is InChI=1S/2C5H9O3.2C3H7O.Ti/c2*1-3-8-5(7)4(2)6;2*1-3(2)4;/h2*4,6H,2-3H2,1H3;2*3H,1-2H3;/q;;2*-1;+2. The average molecular weight is 400 g/mol. The van der Waals surface area contributed by atoms with E-state index in [1.54, 1.807) is 41.5 Å². The first-order valence-corrected chi connectivity index (χ1v) is 12.1. The topological polar surface area (TPSA) is 112 Å². The zero-order chi connectivity index (χ0) is 19.6. The van der Waals surface area contributed by atoms with E-state index in [2.05, 4.69) is 0 Å². The first kappa shape index (κ1) is 24.5. The number of carbonyl (C=O) groups is 2. The van der Waals surface area contributed by atoms with Crippen molar-refractivity contribution in [1.29, 1.82) is 0 Å². The van der Waals surface area contributed by atoms with E-state index < -0.39 is 41.5 Å². The van der Waals surface area contributed by atoms with E-state index in [4.69, 9.17) is 16.1 Å². The molecule has 0 aliphatic carbocycles. The second kappa shape index (κ2) is 12.0. The molecule has 0 aromatic carbocycles. The number of aliphatic hydroxyl groups is 2. The van der Waals surface area contributed by atoms with Gasteiger partial charge in [0.15, 0.2) is 0 Å². The predicted molar refractivity (Wildman–Crippen MR) is 87.3 cm³/mol. The van der Waals surface area contributed by atoms with Crippen LogP contribution in [0.5, 0.6) is 0 Å². The summed E-state index contributed by atoms with van der Waals surface area (Å²) < 4.78 is 21.4. The van der Waals surface area contributed by atoms with Gasteiger partial charge in [0.2, 0.25) is 0 Å². The van der Waals surface area contributed by atoms with Crippen molar-refractivity contribution in [3.05, 3.63) is 0 Å². The van der Waals surface area contributed by atoms with Crippen molar-refractivity contribution in [3.63, 3.8) is 0 Å². The average Bonchev–Trinajstić information content (AvgIpc) is 2.45. The summed E-state index contributed by atoms with van der Waals surface area (Å²) in [6.45, 7) is 10.7. The third kappa shape index (κ3) is 9.68. The molecule has 8 nitrogen and oxygen atoms in total. The fourth-order valence-corrected chi connectivity index (χ4v) is 8.39. The molecule has 148 valence electrons. The number of rotatable bonds is 12. The van der Waals surface area contributed by atoms with Crippen LogP contribution in [-0.4, -0.2) is 59.8 Å². The summed E-state index contributed by atoms with van der Waals surface area (Å²) in [4.78, 5) is 23.6. The van der Waals surface area contributed by atoms with Gasteiger partial charge >= 0.3 is 154 Å². The Morgan fingerprint density at radius 1 is 0.800 bits per heavy atom. The van der Waals surface area contributed by atoms with Gasteiger partial charge in [0, 0.05) is 0 Å². The Morgan fingerprint density at radius 2 is 1.12 bits per heavy atom. The van der Waals surface area contributed by atoms with E-state index in [1.807, 2.05) is 0 Å². The summed E-state index contributed by atoms with van der Waals surface area (Å²) in [6, 6.07) is 0. The second-order valence-electron chi connectivity index (χ2n) is 6.19. The van der Waals surface area contributed by atoms with Gasteiger partial charge in [0.25, 0.3) is 0 Å². The fourth-order valence-electron chi connectivity index (χ4n) is 2.40. The van der Waals surface area contributed by atoms with E-state index in [0.29, 0.717) is 0 Å². The molecular weight excluding hydrogens is 368 g/mol. The van der Waals surface area contributed by atoms with E-state index in [9.17, 15) is 19.8 Å². The Bertz CT molecular complexity index is 375. The van der Waals surface area contributed by atoms with Gasteiger partial charge in [0.1, 0.15) is 0 Å². The van der Waals surface area contributed by atoms with Crippen LogP contribution in [0.25, 0.3) is 0 Å². The van der Waals surface area contributed by atoms with Crippen molar-refractivity contribution in [1.82, 2.24) is 0 Å². The Kier molecular flexibility index (Phi) is 11.7. The summed E-state index contributed by atoms with van der Waals surface area (Å²) in [7, 11) is 0. The minimum atomic E-state index is -3.96. The van der Waals surface area contributed by atoms with Gasteiger partial charge in [-0.1, -0.05) is 0 Å². The molecule has 0 radical (unpaired) electrons. The summed E-state index contributed by atoms with van der Waals surface area (Å²) in [5.41, 5.74) is 0. The van der Waals surface area contributed by atoms with Gasteiger partial charge in [-0.15, -0.1) is 0 Å². The molecule has 0 heterocycles. The molecule has 0 aliphatic heterocycles. The first-order valence-electron chi connectivity index (χ1n) is 8.61. The molecule has 9 heteroatoms. The summed E-state index contributed by atoms with van der Waals surface area (Å²) in [6.07, 6.45) is -3.40. The van der Waals surface area contributed by atoms with Gasteiger partial charge in [-0.2, -0.15) is 0 Å². The Labute approximate surface area is 154 Å². The normalized spacial score (nSPS) is 14.5. The molecular formula is C16H32O8Ti. The van der Waals surface area contributed by atoms with E-state index >= 15 is 0 Å². The summed E-state index contributed by atoms with van der Waals surface area (Å²) >= 11 is -3.96. The SMILES string of the molecule is CCOC(=O)C(O)[CH2][Ti]([CH2]C(O)C(=O)OCC)([O]C(C)C)[O]C(C)C. The molecule has 0 amide bonds. The molecule has 2 atom stereocenters. The van der Waals surface area contributed by atoms with Crippen LogP contribution in [0.1, 0.15) is 41.5 Å². The fraction of sp³-hybridized carbons (Fsp3) is 0.875. The summed E-state index contributed by atoms with van der Waals surface area (Å²) in [5.74, 6) is -1.55. The van der Waals surface area contributed by atoms with Crippen LogP contribution in [0, 0.1) is 0 Å². The molecule has 2 unspecified atom stereocenters. The van der Waals surface area contributed by atoms with Crippen molar-refractivity contribution in [2.24, 2.45) is 0 Å². The van der Waals surface area contributed by atoms with Crippen LogP contribution >= 0.6 is 0 Å².